The monoisotopic (exact) mass is 464 g/mol. The van der Waals surface area contributed by atoms with E-state index < -0.39 is 65.4 Å². The van der Waals surface area contributed by atoms with Crippen LogP contribution in [0.1, 0.15) is 40.5 Å². The summed E-state index contributed by atoms with van der Waals surface area (Å²) in [5.41, 5.74) is -1.77. The summed E-state index contributed by atoms with van der Waals surface area (Å²) in [6.45, 7) is 10.2. The molecule has 0 aromatic heterocycles. The van der Waals surface area contributed by atoms with Gasteiger partial charge >= 0.3 is 23.9 Å². The van der Waals surface area contributed by atoms with Crippen molar-refractivity contribution in [3.8, 4) is 0 Å². The Bertz CT molecular complexity index is 953. The highest BCUT2D eigenvalue weighted by molar-refractivity contribution is 5.93. The molecule has 0 radical (unpaired) electrons. The molecule has 33 heavy (non-hydrogen) atoms. The van der Waals surface area contributed by atoms with E-state index in [1.54, 1.807) is 19.9 Å². The summed E-state index contributed by atoms with van der Waals surface area (Å²) >= 11 is 0. The fraction of sp³-hybridized carbons (Fsp3) is 0.652. The third-order valence-electron chi connectivity index (χ3n) is 6.97. The lowest BCUT2D eigenvalue weighted by atomic mass is 9.80. The summed E-state index contributed by atoms with van der Waals surface area (Å²) in [4.78, 5) is 50.4. The molecule has 3 saturated heterocycles. The van der Waals surface area contributed by atoms with E-state index >= 15 is 0 Å². The standard InChI is InChI=1S/C23H28O10/c1-10-14-16(29-12(3)24)15(31-21(27)23(5)11(2)32-23)13(20(26)28-6)8-7-9-22(4)18(33-22)17(14)30-19(10)25/h8,11,14-18H,1,7,9H2,2-6H3/b13-8+/t11-,14-,15+,16+,17+,18+,22-,23-/m1/s1. The van der Waals surface area contributed by atoms with Crippen LogP contribution in [0.3, 0.4) is 0 Å². The number of allylic oxidation sites excluding steroid dienone is 1. The van der Waals surface area contributed by atoms with E-state index in [2.05, 4.69) is 6.58 Å². The number of fused-ring (bicyclic) bond motifs is 3. The maximum absolute atomic E-state index is 13.0. The topological polar surface area (TPSA) is 130 Å². The first-order valence-corrected chi connectivity index (χ1v) is 10.8. The SMILES string of the molecule is C=C1C(=O)O[C@H]2[C@H]1[C@H](OC(C)=O)[C@@H](OC(=O)[C@]1(C)O[C@@H]1C)/C(C(=O)OC)=C\CC[C@@]1(C)O[C@@H]21. The number of rotatable bonds is 4. The molecule has 3 aliphatic heterocycles. The van der Waals surface area contributed by atoms with E-state index in [1.165, 1.54) is 14.0 Å². The summed E-state index contributed by atoms with van der Waals surface area (Å²) in [5.74, 6) is -3.77. The zero-order valence-electron chi connectivity index (χ0n) is 19.2. The first-order chi connectivity index (χ1) is 15.4. The van der Waals surface area contributed by atoms with Crippen molar-refractivity contribution in [2.45, 2.75) is 82.3 Å². The van der Waals surface area contributed by atoms with Crippen molar-refractivity contribution >= 4 is 23.9 Å². The normalized spacial score (nSPS) is 43.1. The molecule has 180 valence electrons. The van der Waals surface area contributed by atoms with Crippen molar-refractivity contribution < 1.29 is 47.6 Å². The van der Waals surface area contributed by atoms with Gasteiger partial charge in [0.25, 0.3) is 0 Å². The van der Waals surface area contributed by atoms with E-state index in [9.17, 15) is 19.2 Å². The fourth-order valence-corrected chi connectivity index (χ4v) is 4.66. The van der Waals surface area contributed by atoms with E-state index in [1.807, 2.05) is 6.92 Å². The van der Waals surface area contributed by atoms with E-state index in [-0.39, 0.29) is 17.3 Å². The molecular formula is C23H28O10. The Hall–Kier alpha value is -2.72. The third kappa shape index (κ3) is 3.95. The quantitative estimate of drug-likeness (QED) is 0.258. The summed E-state index contributed by atoms with van der Waals surface area (Å²) in [7, 11) is 1.19. The van der Waals surface area contributed by atoms with Crippen LogP contribution < -0.4 is 0 Å². The average molecular weight is 464 g/mol. The Labute approximate surface area is 191 Å². The maximum Gasteiger partial charge on any atom is 0.341 e. The van der Waals surface area contributed by atoms with E-state index in [4.69, 9.17) is 28.4 Å². The predicted molar refractivity (Wildman–Crippen MR) is 110 cm³/mol. The molecule has 1 aliphatic carbocycles. The molecule has 3 fully saturated rings. The van der Waals surface area contributed by atoms with Crippen LogP contribution in [-0.2, 0) is 47.6 Å². The minimum Gasteiger partial charge on any atom is -0.466 e. The molecule has 4 aliphatic rings. The molecule has 0 unspecified atom stereocenters. The van der Waals surface area contributed by atoms with Gasteiger partial charge < -0.3 is 28.4 Å². The summed E-state index contributed by atoms with van der Waals surface area (Å²) in [6, 6.07) is 0. The van der Waals surface area contributed by atoms with Crippen LogP contribution in [0.2, 0.25) is 0 Å². The Morgan fingerprint density at radius 2 is 1.85 bits per heavy atom. The molecule has 10 nitrogen and oxygen atoms in total. The fourth-order valence-electron chi connectivity index (χ4n) is 4.66. The number of carbonyl (C=O) groups excluding carboxylic acids is 4. The summed E-state index contributed by atoms with van der Waals surface area (Å²) in [6.07, 6.45) is -1.86. The second-order valence-electron chi connectivity index (χ2n) is 9.23. The maximum atomic E-state index is 13.0. The van der Waals surface area contributed by atoms with Gasteiger partial charge in [-0.1, -0.05) is 12.7 Å². The van der Waals surface area contributed by atoms with Gasteiger partial charge in [-0.15, -0.1) is 0 Å². The van der Waals surface area contributed by atoms with Crippen molar-refractivity contribution in [2.75, 3.05) is 7.11 Å². The molecule has 3 heterocycles. The average Bonchev–Trinajstić information content (AvgIpc) is 3.57. The van der Waals surface area contributed by atoms with Crippen LogP contribution in [0, 0.1) is 5.92 Å². The largest absolute Gasteiger partial charge is 0.466 e. The molecule has 10 heteroatoms. The molecule has 8 atom stereocenters. The lowest BCUT2D eigenvalue weighted by Crippen LogP contribution is -2.49. The Kier molecular flexibility index (Phi) is 5.65. The number of methoxy groups -OCH3 is 1. The first-order valence-electron chi connectivity index (χ1n) is 10.8. The molecule has 4 rings (SSSR count). The number of hydrogen-bond acceptors (Lipinski definition) is 10. The molecule has 0 aromatic carbocycles. The zero-order valence-corrected chi connectivity index (χ0v) is 19.2. The number of epoxide rings is 2. The second-order valence-corrected chi connectivity index (χ2v) is 9.23. The summed E-state index contributed by atoms with van der Waals surface area (Å²) < 4.78 is 33.1. The predicted octanol–water partition coefficient (Wildman–Crippen LogP) is 1.16. The third-order valence-corrected chi connectivity index (χ3v) is 6.97. The van der Waals surface area contributed by atoms with Gasteiger partial charge in [-0.3, -0.25) is 4.79 Å². The second kappa shape index (κ2) is 7.95. The van der Waals surface area contributed by atoms with E-state index in [0.717, 1.165) is 0 Å². The highest BCUT2D eigenvalue weighted by Gasteiger charge is 2.65. The van der Waals surface area contributed by atoms with Crippen molar-refractivity contribution in [3.05, 3.63) is 23.8 Å². The van der Waals surface area contributed by atoms with Crippen molar-refractivity contribution in [2.24, 2.45) is 5.92 Å². The number of hydrogen-bond donors (Lipinski definition) is 0. The van der Waals surface area contributed by atoms with Crippen LogP contribution in [0.4, 0.5) is 0 Å². The molecule has 0 N–H and O–H groups in total. The molecular weight excluding hydrogens is 436 g/mol. The number of esters is 4. The van der Waals surface area contributed by atoms with Gasteiger partial charge in [-0.2, -0.15) is 0 Å². The van der Waals surface area contributed by atoms with Gasteiger partial charge in [-0.25, -0.2) is 14.4 Å². The van der Waals surface area contributed by atoms with Gasteiger partial charge in [0.15, 0.2) is 17.8 Å². The van der Waals surface area contributed by atoms with Gasteiger partial charge in [0.05, 0.1) is 30.3 Å². The Morgan fingerprint density at radius 1 is 1.18 bits per heavy atom. The van der Waals surface area contributed by atoms with Crippen LogP contribution in [0.15, 0.2) is 23.8 Å². The van der Waals surface area contributed by atoms with Crippen LogP contribution in [-0.4, -0.2) is 72.7 Å². The van der Waals surface area contributed by atoms with Crippen LogP contribution >= 0.6 is 0 Å². The zero-order chi connectivity index (χ0) is 24.3. The lowest BCUT2D eigenvalue weighted by Gasteiger charge is -2.34. The number of carbonyl (C=O) groups is 4. The summed E-state index contributed by atoms with van der Waals surface area (Å²) in [5, 5.41) is 0. The highest BCUT2D eigenvalue weighted by Crippen LogP contribution is 2.51. The van der Waals surface area contributed by atoms with E-state index in [0.29, 0.717) is 12.8 Å². The van der Waals surface area contributed by atoms with Crippen molar-refractivity contribution in [1.82, 2.24) is 0 Å². The minimum atomic E-state index is -1.39. The van der Waals surface area contributed by atoms with Gasteiger partial charge in [0.2, 0.25) is 0 Å². The minimum absolute atomic E-state index is 0.0115. The number of ether oxygens (including phenoxy) is 6. The Morgan fingerprint density at radius 3 is 2.42 bits per heavy atom. The van der Waals surface area contributed by atoms with Crippen molar-refractivity contribution in [3.63, 3.8) is 0 Å². The molecule has 0 spiro atoms. The van der Waals surface area contributed by atoms with Gasteiger partial charge in [-0.05, 0) is 33.6 Å². The van der Waals surface area contributed by atoms with Gasteiger partial charge in [0.1, 0.15) is 12.2 Å². The molecule has 0 saturated carbocycles. The van der Waals surface area contributed by atoms with Crippen LogP contribution in [0.25, 0.3) is 0 Å². The molecule has 0 bridgehead atoms. The highest BCUT2D eigenvalue weighted by atomic mass is 16.7. The molecule has 0 amide bonds. The lowest BCUT2D eigenvalue weighted by molar-refractivity contribution is -0.174. The first kappa shape index (κ1) is 23.4. The van der Waals surface area contributed by atoms with Crippen LogP contribution in [0.5, 0.6) is 0 Å². The smallest absolute Gasteiger partial charge is 0.341 e. The Balaban J connectivity index is 1.82. The molecule has 0 aromatic rings. The van der Waals surface area contributed by atoms with Gasteiger partial charge in [0, 0.05) is 12.5 Å². The van der Waals surface area contributed by atoms with Crippen molar-refractivity contribution in [1.29, 1.82) is 0 Å².